The molecule has 0 fully saturated rings. The lowest BCUT2D eigenvalue weighted by molar-refractivity contribution is 0.553. The first-order valence-corrected chi connectivity index (χ1v) is 13.8. The third kappa shape index (κ3) is 2.55. The first-order valence-electron chi connectivity index (χ1n) is 13.8. The molecule has 0 atom stereocenters. The van der Waals surface area contributed by atoms with Gasteiger partial charge in [0.15, 0.2) is 5.66 Å². The molecule has 6 aromatic carbocycles. The summed E-state index contributed by atoms with van der Waals surface area (Å²) in [6.45, 7) is 0. The van der Waals surface area contributed by atoms with Crippen molar-refractivity contribution >= 4 is 44.6 Å². The van der Waals surface area contributed by atoms with Crippen LogP contribution in [0.2, 0.25) is 0 Å². The maximum Gasteiger partial charge on any atom is 0.179 e. The summed E-state index contributed by atoms with van der Waals surface area (Å²) < 4.78 is 2.48. The minimum absolute atomic E-state index is 0.660. The molecule has 9 rings (SSSR count). The Labute approximate surface area is 232 Å². The molecule has 0 amide bonds. The van der Waals surface area contributed by atoms with Crippen molar-refractivity contribution in [1.29, 1.82) is 0 Å². The molecule has 0 aliphatic carbocycles. The molecule has 1 aromatic heterocycles. The molecule has 3 heterocycles. The van der Waals surface area contributed by atoms with Crippen LogP contribution in [0, 0.1) is 0 Å². The number of benzene rings is 6. The Hall–Kier alpha value is -5.28. The largest absolute Gasteiger partial charge is 0.308 e. The normalized spacial score (nSPS) is 14.6. The molecule has 3 heteroatoms. The molecule has 40 heavy (non-hydrogen) atoms. The van der Waals surface area contributed by atoms with E-state index in [0.29, 0.717) is 0 Å². The Morgan fingerprint density at radius 1 is 0.375 bits per heavy atom. The van der Waals surface area contributed by atoms with E-state index < -0.39 is 5.66 Å². The monoisotopic (exact) mass is 511 g/mol. The van der Waals surface area contributed by atoms with Gasteiger partial charge in [-0.25, -0.2) is 0 Å². The molecule has 0 unspecified atom stereocenters. The van der Waals surface area contributed by atoms with Gasteiger partial charge in [-0.05, 0) is 48.5 Å². The van der Waals surface area contributed by atoms with E-state index in [2.05, 4.69) is 166 Å². The summed E-state index contributed by atoms with van der Waals surface area (Å²) in [7, 11) is 0. The summed E-state index contributed by atoms with van der Waals surface area (Å²) in [4.78, 5) is 5.12. The van der Waals surface area contributed by atoms with E-state index in [1.165, 1.54) is 50.0 Å². The molecule has 2 aliphatic heterocycles. The highest BCUT2D eigenvalue weighted by Gasteiger charge is 2.57. The van der Waals surface area contributed by atoms with Crippen LogP contribution in [0.25, 0.3) is 27.5 Å². The molecule has 2 aliphatic rings. The number of rotatable bonds is 2. The van der Waals surface area contributed by atoms with E-state index in [1.54, 1.807) is 0 Å². The van der Waals surface area contributed by atoms with Gasteiger partial charge in [0.25, 0.3) is 0 Å². The van der Waals surface area contributed by atoms with E-state index in [9.17, 15) is 0 Å². The van der Waals surface area contributed by atoms with E-state index >= 15 is 0 Å². The van der Waals surface area contributed by atoms with Crippen molar-refractivity contribution in [3.05, 3.63) is 163 Å². The van der Waals surface area contributed by atoms with Gasteiger partial charge < -0.3 is 14.4 Å². The smallest absolute Gasteiger partial charge is 0.179 e. The number of para-hydroxylation sites is 7. The van der Waals surface area contributed by atoms with Gasteiger partial charge in [0.1, 0.15) is 0 Å². The first-order chi connectivity index (χ1) is 19.9. The van der Waals surface area contributed by atoms with Gasteiger partial charge in [-0.2, -0.15) is 0 Å². The number of hydrogen-bond acceptors (Lipinski definition) is 2. The summed E-state index contributed by atoms with van der Waals surface area (Å²) in [5.74, 6) is 0. The summed E-state index contributed by atoms with van der Waals surface area (Å²) in [5.41, 5.74) is 10.3. The molecule has 0 bridgehead atoms. The van der Waals surface area contributed by atoms with Crippen molar-refractivity contribution in [1.82, 2.24) is 4.57 Å². The highest BCUT2D eigenvalue weighted by molar-refractivity contribution is 6.13. The molecule has 0 saturated heterocycles. The van der Waals surface area contributed by atoms with E-state index in [1.807, 2.05) is 0 Å². The second-order valence-corrected chi connectivity index (χ2v) is 10.6. The molecule has 3 nitrogen and oxygen atoms in total. The SMILES string of the molecule is c1ccc(N2c3ccccc3N(c3ccccc3)C23c2ccccc2-n2c4ccccc4c4cccc3c42)cc1. The van der Waals surface area contributed by atoms with Gasteiger partial charge in [-0.15, -0.1) is 0 Å². The van der Waals surface area contributed by atoms with Crippen molar-refractivity contribution in [2.24, 2.45) is 0 Å². The van der Waals surface area contributed by atoms with Crippen LogP contribution in [0.3, 0.4) is 0 Å². The molecule has 1 spiro atoms. The van der Waals surface area contributed by atoms with Crippen molar-refractivity contribution < 1.29 is 0 Å². The average molecular weight is 512 g/mol. The van der Waals surface area contributed by atoms with Crippen LogP contribution in [0.4, 0.5) is 22.7 Å². The third-order valence-corrected chi connectivity index (χ3v) is 8.63. The zero-order chi connectivity index (χ0) is 26.3. The van der Waals surface area contributed by atoms with E-state index in [0.717, 1.165) is 11.4 Å². The molecular formula is C37H25N3. The summed E-state index contributed by atoms with van der Waals surface area (Å²) in [6.07, 6.45) is 0. The Kier molecular flexibility index (Phi) is 4.26. The maximum atomic E-state index is 2.56. The average Bonchev–Trinajstić information content (AvgIpc) is 3.53. The van der Waals surface area contributed by atoms with Crippen molar-refractivity contribution in [2.75, 3.05) is 9.80 Å². The van der Waals surface area contributed by atoms with Crippen LogP contribution in [-0.2, 0) is 5.66 Å². The second kappa shape index (κ2) is 7.87. The lowest BCUT2D eigenvalue weighted by Crippen LogP contribution is -2.53. The Morgan fingerprint density at radius 2 is 0.875 bits per heavy atom. The van der Waals surface area contributed by atoms with Crippen LogP contribution in [-0.4, -0.2) is 4.57 Å². The molecule has 188 valence electrons. The van der Waals surface area contributed by atoms with Crippen LogP contribution >= 0.6 is 0 Å². The zero-order valence-corrected chi connectivity index (χ0v) is 21.8. The summed E-state index contributed by atoms with van der Waals surface area (Å²) in [5, 5.41) is 2.55. The van der Waals surface area contributed by atoms with Gasteiger partial charge in [-0.1, -0.05) is 103 Å². The van der Waals surface area contributed by atoms with Gasteiger partial charge in [0.2, 0.25) is 0 Å². The van der Waals surface area contributed by atoms with Gasteiger partial charge in [0, 0.05) is 33.3 Å². The first kappa shape index (κ1) is 21.6. The quantitative estimate of drug-likeness (QED) is 0.229. The highest BCUT2D eigenvalue weighted by atomic mass is 15.5. The Morgan fingerprint density at radius 3 is 1.55 bits per heavy atom. The fraction of sp³-hybridized carbons (Fsp3) is 0.0270. The van der Waals surface area contributed by atoms with Crippen LogP contribution in [0.15, 0.2) is 152 Å². The van der Waals surface area contributed by atoms with Crippen LogP contribution in [0.5, 0.6) is 0 Å². The second-order valence-electron chi connectivity index (χ2n) is 10.6. The lowest BCUT2D eigenvalue weighted by Gasteiger charge is -2.49. The molecule has 0 saturated carbocycles. The minimum atomic E-state index is -0.660. The predicted octanol–water partition coefficient (Wildman–Crippen LogP) is 9.29. The maximum absolute atomic E-state index is 2.56. The number of anilines is 4. The molecule has 0 N–H and O–H groups in total. The fourth-order valence-electron chi connectivity index (χ4n) is 7.24. The third-order valence-electron chi connectivity index (χ3n) is 8.63. The summed E-state index contributed by atoms with van der Waals surface area (Å²) in [6, 6.07) is 55.2. The van der Waals surface area contributed by atoms with Crippen LogP contribution < -0.4 is 9.80 Å². The van der Waals surface area contributed by atoms with E-state index in [-0.39, 0.29) is 0 Å². The van der Waals surface area contributed by atoms with E-state index in [4.69, 9.17) is 0 Å². The predicted molar refractivity (Wildman–Crippen MR) is 165 cm³/mol. The molecule has 0 radical (unpaired) electrons. The van der Waals surface area contributed by atoms with Crippen LogP contribution in [0.1, 0.15) is 11.1 Å². The number of hydrogen-bond donors (Lipinski definition) is 0. The Balaban J connectivity index is 1.54. The molecule has 7 aromatic rings. The number of aromatic nitrogens is 1. The van der Waals surface area contributed by atoms with Gasteiger partial charge >= 0.3 is 0 Å². The van der Waals surface area contributed by atoms with Gasteiger partial charge in [-0.3, -0.25) is 0 Å². The zero-order valence-electron chi connectivity index (χ0n) is 21.8. The summed E-state index contributed by atoms with van der Waals surface area (Å²) >= 11 is 0. The molecular weight excluding hydrogens is 486 g/mol. The van der Waals surface area contributed by atoms with Crippen molar-refractivity contribution in [3.8, 4) is 5.69 Å². The standard InChI is InChI=1S/C37H25N3/c1-3-14-26(15-4-1)39-34-24-11-12-25-35(34)40(27-16-5-2-6-17-27)37(39)30-20-8-10-23-33(30)38-32-22-9-7-18-28(32)29-19-13-21-31(37)36(29)38/h1-25H. The number of fused-ring (bicyclic) bond motifs is 8. The minimum Gasteiger partial charge on any atom is -0.308 e. The van der Waals surface area contributed by atoms with Gasteiger partial charge in [0.05, 0.1) is 28.1 Å². The van der Waals surface area contributed by atoms with Crippen molar-refractivity contribution in [2.45, 2.75) is 5.66 Å². The van der Waals surface area contributed by atoms with Crippen molar-refractivity contribution in [3.63, 3.8) is 0 Å². The topological polar surface area (TPSA) is 11.4 Å². The fourth-order valence-corrected chi connectivity index (χ4v) is 7.24. The highest BCUT2D eigenvalue weighted by Crippen LogP contribution is 2.62. The lowest BCUT2D eigenvalue weighted by atomic mass is 9.83. The Bertz CT molecular complexity index is 2010. The number of nitrogens with zero attached hydrogens (tertiary/aromatic N) is 3.